The summed E-state index contributed by atoms with van der Waals surface area (Å²) in [5.74, 6) is 0. The molecule has 1 amide bonds. The number of piperidine rings is 1. The van der Waals surface area contributed by atoms with Gasteiger partial charge in [0.1, 0.15) is 6.61 Å². The molecule has 1 aliphatic heterocycles. The van der Waals surface area contributed by atoms with Crippen molar-refractivity contribution < 1.29 is 19.7 Å². The van der Waals surface area contributed by atoms with Gasteiger partial charge in [0.15, 0.2) is 0 Å². The topological polar surface area (TPSA) is 70.0 Å². The first-order valence-corrected chi connectivity index (χ1v) is 7.95. The Bertz CT molecular complexity index is 513. The first-order valence-electron chi connectivity index (χ1n) is 7.95. The molecule has 1 saturated carbocycles. The van der Waals surface area contributed by atoms with Crippen molar-refractivity contribution >= 4 is 6.09 Å². The molecule has 0 unspecified atom stereocenters. The van der Waals surface area contributed by atoms with Crippen LogP contribution >= 0.6 is 0 Å². The lowest BCUT2D eigenvalue weighted by Gasteiger charge is -2.47. The lowest BCUT2D eigenvalue weighted by molar-refractivity contribution is -0.0894. The Hall–Kier alpha value is -1.59. The molecule has 120 valence electrons. The highest BCUT2D eigenvalue weighted by molar-refractivity contribution is 5.69. The zero-order valence-electron chi connectivity index (χ0n) is 12.6. The van der Waals surface area contributed by atoms with E-state index in [1.165, 1.54) is 0 Å². The average Bonchev–Trinajstić information content (AvgIpc) is 2.98. The lowest BCUT2D eigenvalue weighted by atomic mass is 9.82. The highest BCUT2D eigenvalue weighted by atomic mass is 16.6. The van der Waals surface area contributed by atoms with Gasteiger partial charge in [0.25, 0.3) is 0 Å². The van der Waals surface area contributed by atoms with Crippen LogP contribution in [0.2, 0.25) is 0 Å². The van der Waals surface area contributed by atoms with Crippen LogP contribution < -0.4 is 0 Å². The van der Waals surface area contributed by atoms with Crippen LogP contribution in [0.4, 0.5) is 4.79 Å². The Balaban J connectivity index is 1.69. The van der Waals surface area contributed by atoms with Crippen LogP contribution in [0.25, 0.3) is 0 Å². The largest absolute Gasteiger partial charge is 0.445 e. The second-order valence-electron chi connectivity index (χ2n) is 6.42. The van der Waals surface area contributed by atoms with Gasteiger partial charge in [0, 0.05) is 5.54 Å². The second kappa shape index (κ2) is 6.26. The van der Waals surface area contributed by atoms with Gasteiger partial charge in [0.05, 0.1) is 18.8 Å². The van der Waals surface area contributed by atoms with Crippen LogP contribution in [-0.4, -0.2) is 45.5 Å². The third-order valence-corrected chi connectivity index (χ3v) is 4.94. The van der Waals surface area contributed by atoms with Crippen LogP contribution in [0.5, 0.6) is 0 Å². The summed E-state index contributed by atoms with van der Waals surface area (Å²) in [7, 11) is 0. The minimum atomic E-state index is -0.893. The van der Waals surface area contributed by atoms with Crippen molar-refractivity contribution in [2.24, 2.45) is 0 Å². The van der Waals surface area contributed by atoms with E-state index in [4.69, 9.17) is 4.74 Å². The van der Waals surface area contributed by atoms with Gasteiger partial charge in [-0.2, -0.15) is 0 Å². The quantitative estimate of drug-likeness (QED) is 0.877. The molecule has 1 aliphatic carbocycles. The molecular formula is C17H23NO4. The summed E-state index contributed by atoms with van der Waals surface area (Å²) >= 11 is 0. The SMILES string of the molecule is O=C(OCc1ccccc1)N1C[C@@H](O)[C@@H](O)CC12CCCC2. The number of rotatable bonds is 2. The van der Waals surface area contributed by atoms with Gasteiger partial charge in [-0.15, -0.1) is 0 Å². The monoisotopic (exact) mass is 305 g/mol. The Labute approximate surface area is 130 Å². The third-order valence-electron chi connectivity index (χ3n) is 4.94. The summed E-state index contributed by atoms with van der Waals surface area (Å²) in [6, 6.07) is 9.55. The number of carbonyl (C=O) groups is 1. The van der Waals surface area contributed by atoms with E-state index in [0.717, 1.165) is 31.2 Å². The zero-order chi connectivity index (χ0) is 15.6. The van der Waals surface area contributed by atoms with Gasteiger partial charge in [-0.25, -0.2) is 4.79 Å². The molecule has 1 spiro atoms. The Morgan fingerprint density at radius 2 is 1.86 bits per heavy atom. The molecule has 0 bridgehead atoms. The fourth-order valence-electron chi connectivity index (χ4n) is 3.71. The van der Waals surface area contributed by atoms with E-state index in [2.05, 4.69) is 0 Å². The summed E-state index contributed by atoms with van der Waals surface area (Å²) in [6.07, 6.45) is 2.24. The van der Waals surface area contributed by atoms with Crippen molar-refractivity contribution in [2.45, 2.75) is 56.5 Å². The molecule has 22 heavy (non-hydrogen) atoms. The standard InChI is InChI=1S/C17H23NO4/c19-14-10-17(8-4-5-9-17)18(11-15(14)20)16(21)22-12-13-6-2-1-3-7-13/h1-3,6-7,14-15,19-20H,4-5,8-12H2/t14-,15+/m0/s1. The predicted octanol–water partition coefficient (Wildman–Crippen LogP) is 2.06. The van der Waals surface area contributed by atoms with Crippen molar-refractivity contribution in [3.63, 3.8) is 0 Å². The first-order chi connectivity index (χ1) is 10.6. The molecule has 5 nitrogen and oxygen atoms in total. The molecule has 2 N–H and O–H groups in total. The van der Waals surface area contributed by atoms with Crippen molar-refractivity contribution in [3.05, 3.63) is 35.9 Å². The molecule has 1 heterocycles. The Kier molecular flexibility index (Phi) is 4.36. The summed E-state index contributed by atoms with van der Waals surface area (Å²) in [4.78, 5) is 14.1. The Morgan fingerprint density at radius 3 is 2.55 bits per heavy atom. The maximum absolute atomic E-state index is 12.5. The van der Waals surface area contributed by atoms with E-state index >= 15 is 0 Å². The van der Waals surface area contributed by atoms with Crippen LogP contribution in [0.1, 0.15) is 37.7 Å². The van der Waals surface area contributed by atoms with Crippen molar-refractivity contribution in [1.29, 1.82) is 0 Å². The number of aliphatic hydroxyl groups is 2. The molecule has 0 aromatic heterocycles. The van der Waals surface area contributed by atoms with Crippen molar-refractivity contribution in [3.8, 4) is 0 Å². The smallest absolute Gasteiger partial charge is 0.410 e. The maximum atomic E-state index is 12.5. The normalized spacial score (nSPS) is 27.1. The average molecular weight is 305 g/mol. The summed E-state index contributed by atoms with van der Waals surface area (Å²) in [5.41, 5.74) is 0.598. The number of amides is 1. The number of hydrogen-bond acceptors (Lipinski definition) is 4. The first kappa shape index (κ1) is 15.3. The van der Waals surface area contributed by atoms with Gasteiger partial charge in [-0.05, 0) is 24.8 Å². The van der Waals surface area contributed by atoms with Crippen molar-refractivity contribution in [2.75, 3.05) is 6.54 Å². The van der Waals surface area contributed by atoms with Gasteiger partial charge < -0.3 is 14.9 Å². The highest BCUT2D eigenvalue weighted by Gasteiger charge is 2.49. The summed E-state index contributed by atoms with van der Waals surface area (Å²) in [6.45, 7) is 0.375. The minimum absolute atomic E-state index is 0.148. The molecule has 2 atom stereocenters. The third kappa shape index (κ3) is 2.96. The fourth-order valence-corrected chi connectivity index (χ4v) is 3.71. The molecule has 2 fully saturated rings. The number of nitrogens with zero attached hydrogens (tertiary/aromatic N) is 1. The molecule has 3 rings (SSSR count). The van der Waals surface area contributed by atoms with E-state index in [9.17, 15) is 15.0 Å². The van der Waals surface area contributed by atoms with Crippen molar-refractivity contribution in [1.82, 2.24) is 4.90 Å². The zero-order valence-corrected chi connectivity index (χ0v) is 12.6. The number of likely N-dealkylation sites (tertiary alicyclic amines) is 1. The molecule has 1 saturated heterocycles. The molecule has 0 radical (unpaired) electrons. The molecule has 2 aliphatic rings. The van der Waals surface area contributed by atoms with E-state index < -0.39 is 18.3 Å². The van der Waals surface area contributed by atoms with Crippen LogP contribution in [-0.2, 0) is 11.3 Å². The number of benzene rings is 1. The van der Waals surface area contributed by atoms with E-state index in [-0.39, 0.29) is 18.7 Å². The fraction of sp³-hybridized carbons (Fsp3) is 0.588. The van der Waals surface area contributed by atoms with E-state index in [0.29, 0.717) is 6.42 Å². The number of hydrogen-bond donors (Lipinski definition) is 2. The minimum Gasteiger partial charge on any atom is -0.445 e. The van der Waals surface area contributed by atoms with E-state index in [1.807, 2.05) is 30.3 Å². The number of aliphatic hydroxyl groups excluding tert-OH is 2. The van der Waals surface area contributed by atoms with E-state index in [1.54, 1.807) is 4.90 Å². The molecule has 1 aromatic carbocycles. The maximum Gasteiger partial charge on any atom is 0.410 e. The summed E-state index contributed by atoms with van der Waals surface area (Å²) in [5, 5.41) is 19.9. The van der Waals surface area contributed by atoms with Gasteiger partial charge in [-0.1, -0.05) is 43.2 Å². The van der Waals surface area contributed by atoms with Gasteiger partial charge >= 0.3 is 6.09 Å². The Morgan fingerprint density at radius 1 is 1.18 bits per heavy atom. The molecular weight excluding hydrogens is 282 g/mol. The second-order valence-corrected chi connectivity index (χ2v) is 6.42. The number of ether oxygens (including phenoxy) is 1. The predicted molar refractivity (Wildman–Crippen MR) is 81.2 cm³/mol. The highest BCUT2D eigenvalue weighted by Crippen LogP contribution is 2.42. The summed E-state index contributed by atoms with van der Waals surface area (Å²) < 4.78 is 5.43. The van der Waals surface area contributed by atoms with Crippen LogP contribution in [0.15, 0.2) is 30.3 Å². The van der Waals surface area contributed by atoms with Gasteiger partial charge in [-0.3, -0.25) is 4.90 Å². The van der Waals surface area contributed by atoms with Crippen LogP contribution in [0.3, 0.4) is 0 Å². The number of β-amino-alcohol motifs (C(OH)–C–C–N with tert-alkyl or cyclic N) is 1. The molecule has 1 aromatic rings. The lowest BCUT2D eigenvalue weighted by Crippen LogP contribution is -2.61. The van der Waals surface area contributed by atoms with Gasteiger partial charge in [0.2, 0.25) is 0 Å². The molecule has 5 heteroatoms. The van der Waals surface area contributed by atoms with Crippen LogP contribution in [0, 0.1) is 0 Å². The number of carbonyl (C=O) groups excluding carboxylic acids is 1.